The Hall–Kier alpha value is -5.83. The lowest BCUT2D eigenvalue weighted by Crippen LogP contribution is -2.30. The lowest BCUT2D eigenvalue weighted by molar-refractivity contribution is -0.151. The highest BCUT2D eigenvalue weighted by atomic mass is 16.7. The number of unbranched alkanes of at least 4 members (excludes halogenated alkanes) is 15. The first kappa shape index (κ1) is 80.6. The van der Waals surface area contributed by atoms with E-state index in [1.54, 1.807) is 18.2 Å². The van der Waals surface area contributed by atoms with Gasteiger partial charge in [0.05, 0.1) is 18.7 Å². The van der Waals surface area contributed by atoms with Gasteiger partial charge in [-0.3, -0.25) is 4.79 Å². The monoisotopic (exact) mass is 1300 g/mol. The first-order valence-corrected chi connectivity index (χ1v) is 37.3. The topological polar surface area (TPSA) is 112 Å². The van der Waals surface area contributed by atoms with E-state index in [2.05, 4.69) is 115 Å². The second kappa shape index (κ2) is 40.7. The summed E-state index contributed by atoms with van der Waals surface area (Å²) in [6.07, 6.45) is 33.0. The van der Waals surface area contributed by atoms with E-state index in [0.717, 1.165) is 73.6 Å². The van der Waals surface area contributed by atoms with Crippen LogP contribution in [-0.4, -0.2) is 60.9 Å². The fourth-order valence-corrected chi connectivity index (χ4v) is 13.5. The molecule has 5 aromatic rings. The van der Waals surface area contributed by atoms with Crippen molar-refractivity contribution in [1.82, 2.24) is 0 Å². The maximum Gasteiger partial charge on any atom is 0.309 e. The third-order valence-electron chi connectivity index (χ3n) is 19.2. The number of aryl methyl sites for hydroxylation is 1. The number of hydrogen-bond donors (Lipinski definition) is 3. The normalized spacial score (nSPS) is 14.1. The SMILES string of the molecule is CC(C)(C)c1cc(C(C)(CC(=O)OCOc2ccc(N3CCCCC3)cc2)c2ccc(O)c(C(C)(C)C)c2)ccc1O.CC1(C)CC(C)(C)c2cc(O)ccc21.CCCCCCCCCC.CCCCCCCCc1ccc(OCCCC)c(N(CCCC)CCCC)c1. The first-order chi connectivity index (χ1) is 44.7. The molecule has 5 aromatic carbocycles. The van der Waals surface area contributed by atoms with Crippen LogP contribution in [-0.2, 0) is 43.0 Å². The molecule has 7 rings (SSSR count). The minimum atomic E-state index is -0.797. The van der Waals surface area contributed by atoms with Crippen molar-refractivity contribution in [1.29, 1.82) is 0 Å². The molecule has 1 fully saturated rings. The molecule has 0 unspecified atom stereocenters. The summed E-state index contributed by atoms with van der Waals surface area (Å²) in [5.74, 6) is 2.15. The van der Waals surface area contributed by atoms with Crippen LogP contribution in [0.3, 0.4) is 0 Å². The van der Waals surface area contributed by atoms with Gasteiger partial charge < -0.3 is 39.3 Å². The van der Waals surface area contributed by atoms with Crippen molar-refractivity contribution in [2.24, 2.45) is 0 Å². The Bertz CT molecular complexity index is 2840. The van der Waals surface area contributed by atoms with Gasteiger partial charge in [0, 0.05) is 37.3 Å². The third kappa shape index (κ3) is 26.6. The largest absolute Gasteiger partial charge is 0.508 e. The molecule has 0 bridgehead atoms. The average molecular weight is 1300 g/mol. The zero-order valence-corrected chi connectivity index (χ0v) is 62.7. The van der Waals surface area contributed by atoms with Gasteiger partial charge in [-0.15, -0.1) is 0 Å². The molecule has 0 amide bonds. The van der Waals surface area contributed by atoms with Gasteiger partial charge in [0.15, 0.2) is 0 Å². The van der Waals surface area contributed by atoms with E-state index >= 15 is 0 Å². The predicted octanol–water partition coefficient (Wildman–Crippen LogP) is 23.6. The molecular weight excluding hydrogens is 1160 g/mol. The summed E-state index contributed by atoms with van der Waals surface area (Å²) < 4.78 is 17.6. The Morgan fingerprint density at radius 1 is 0.511 bits per heavy atom. The molecule has 526 valence electrons. The van der Waals surface area contributed by atoms with Crippen LogP contribution in [0.15, 0.2) is 97.1 Å². The fourth-order valence-electron chi connectivity index (χ4n) is 13.5. The number of nitrogens with zero attached hydrogens (tertiary/aromatic N) is 2. The molecule has 0 aromatic heterocycles. The van der Waals surface area contributed by atoms with Gasteiger partial charge in [0.25, 0.3) is 0 Å². The molecule has 1 heterocycles. The molecule has 1 saturated heterocycles. The van der Waals surface area contributed by atoms with Crippen LogP contribution >= 0.6 is 0 Å². The third-order valence-corrected chi connectivity index (χ3v) is 19.2. The van der Waals surface area contributed by atoms with Gasteiger partial charge in [-0.05, 0) is 179 Å². The Labute approximate surface area is 574 Å². The number of fused-ring (bicyclic) bond motifs is 1. The van der Waals surface area contributed by atoms with E-state index in [1.165, 1.54) is 176 Å². The number of carbonyl (C=O) groups is 1. The molecule has 3 N–H and O–H groups in total. The zero-order chi connectivity index (χ0) is 69.4. The Morgan fingerprint density at radius 2 is 1.00 bits per heavy atom. The van der Waals surface area contributed by atoms with Crippen LogP contribution in [0, 0.1) is 0 Å². The van der Waals surface area contributed by atoms with Crippen LogP contribution < -0.4 is 19.3 Å². The predicted molar refractivity (Wildman–Crippen MR) is 402 cm³/mol. The smallest absolute Gasteiger partial charge is 0.309 e. The second-order valence-electron chi connectivity index (χ2n) is 30.8. The van der Waals surface area contributed by atoms with Crippen molar-refractivity contribution in [2.45, 2.75) is 312 Å². The number of hydrogen-bond acceptors (Lipinski definition) is 9. The molecule has 0 spiro atoms. The number of carbonyl (C=O) groups excluding carboxylic acids is 1. The molecule has 0 atom stereocenters. The lowest BCUT2D eigenvalue weighted by Gasteiger charge is -2.33. The number of benzene rings is 5. The maximum atomic E-state index is 13.3. The summed E-state index contributed by atoms with van der Waals surface area (Å²) in [6, 6.07) is 31.8. The molecule has 2 aliphatic rings. The molecule has 0 saturated carbocycles. The van der Waals surface area contributed by atoms with Crippen molar-refractivity contribution in [3.63, 3.8) is 0 Å². The molecule has 9 heteroatoms. The summed E-state index contributed by atoms with van der Waals surface area (Å²) in [4.78, 5) is 18.3. The zero-order valence-electron chi connectivity index (χ0n) is 62.7. The van der Waals surface area contributed by atoms with Gasteiger partial charge >= 0.3 is 5.97 Å². The standard InChI is InChI=1S/C36H47NO5.C26H47NO.C13H18O.C10H22/c1-34(2,3)29-21-25(11-17-31(29)38)36(7,26-12-18-32(39)30(22-26)35(4,5)6)23-33(40)42-24-41-28-15-13-27(14-16-28)37-19-9-8-10-20-37;1-5-9-13-14-15-16-17-24-18-19-26(28-22-12-8-4)25(23-24)27(20-10-6-2)21-11-7-3;1-12(2)8-13(3,4)11-7-9(14)5-6-10(11)12;1-3-5-7-9-10-8-6-4-2/h11-18,21-22,38-39H,8-10,19-20,23-24H2,1-7H3;18-19,23H,5-17,20-22H2,1-4H3;5-7,14H,8H2,1-4H3;3-10H2,1-2H3. The van der Waals surface area contributed by atoms with Crippen molar-refractivity contribution in [2.75, 3.05) is 49.4 Å². The van der Waals surface area contributed by atoms with Crippen LogP contribution in [0.2, 0.25) is 0 Å². The number of phenols is 3. The highest BCUT2D eigenvalue weighted by Gasteiger charge is 2.42. The number of ether oxygens (including phenoxy) is 3. The summed E-state index contributed by atoms with van der Waals surface area (Å²) in [7, 11) is 0. The summed E-state index contributed by atoms with van der Waals surface area (Å²) >= 11 is 0. The quantitative estimate of drug-likeness (QED) is 0.0215. The number of rotatable bonds is 33. The second-order valence-corrected chi connectivity index (χ2v) is 30.8. The number of phenolic OH excluding ortho intramolecular Hbond substituents is 3. The van der Waals surface area contributed by atoms with Crippen LogP contribution in [0.4, 0.5) is 11.4 Å². The van der Waals surface area contributed by atoms with Gasteiger partial charge in [-0.25, -0.2) is 0 Å². The highest BCUT2D eigenvalue weighted by molar-refractivity contribution is 5.73. The molecule has 9 nitrogen and oxygen atoms in total. The summed E-state index contributed by atoms with van der Waals surface area (Å²) in [6.45, 7) is 42.0. The van der Waals surface area contributed by atoms with Gasteiger partial charge in [-0.2, -0.15) is 0 Å². The average Bonchev–Trinajstić information content (AvgIpc) is 1.42. The number of anilines is 2. The van der Waals surface area contributed by atoms with Crippen molar-refractivity contribution in [3.05, 3.63) is 136 Å². The van der Waals surface area contributed by atoms with Crippen molar-refractivity contribution in [3.8, 4) is 28.7 Å². The molecule has 94 heavy (non-hydrogen) atoms. The first-order valence-electron chi connectivity index (χ1n) is 37.3. The van der Waals surface area contributed by atoms with E-state index in [9.17, 15) is 20.1 Å². The minimum absolute atomic E-state index is 0.0486. The van der Waals surface area contributed by atoms with E-state index < -0.39 is 11.4 Å². The molecule has 1 aliphatic carbocycles. The van der Waals surface area contributed by atoms with E-state index in [0.29, 0.717) is 11.5 Å². The van der Waals surface area contributed by atoms with Crippen molar-refractivity contribution >= 4 is 17.3 Å². The fraction of sp³-hybridized carbons (Fsp3) is 0.635. The minimum Gasteiger partial charge on any atom is -0.508 e. The van der Waals surface area contributed by atoms with E-state index in [4.69, 9.17) is 14.2 Å². The number of aromatic hydroxyl groups is 3. The van der Waals surface area contributed by atoms with Crippen LogP contribution in [0.1, 0.15) is 317 Å². The lowest BCUT2D eigenvalue weighted by atomic mass is 9.70. The van der Waals surface area contributed by atoms with Crippen LogP contribution in [0.5, 0.6) is 28.7 Å². The van der Waals surface area contributed by atoms with Crippen molar-refractivity contribution < 1.29 is 34.3 Å². The molecule has 1 aliphatic heterocycles. The van der Waals surface area contributed by atoms with Gasteiger partial charge in [-0.1, -0.05) is 257 Å². The number of piperidine rings is 1. The van der Waals surface area contributed by atoms with Crippen LogP contribution in [0.25, 0.3) is 0 Å². The Balaban J connectivity index is 0.000000307. The van der Waals surface area contributed by atoms with E-state index in [-0.39, 0.29) is 46.4 Å². The Kier molecular flexibility index (Phi) is 34.9. The molecular formula is C85H134N2O7. The summed E-state index contributed by atoms with van der Waals surface area (Å²) in [5.41, 5.74) is 9.07. The highest BCUT2D eigenvalue weighted by Crippen LogP contribution is 2.50. The van der Waals surface area contributed by atoms with Gasteiger partial charge in [0.2, 0.25) is 6.79 Å². The molecule has 0 radical (unpaired) electrons. The van der Waals surface area contributed by atoms with E-state index in [1.807, 2.05) is 90.9 Å². The number of esters is 1. The maximum absolute atomic E-state index is 13.3. The Morgan fingerprint density at radius 3 is 1.50 bits per heavy atom. The summed E-state index contributed by atoms with van der Waals surface area (Å²) in [5, 5.41) is 30.8. The van der Waals surface area contributed by atoms with Gasteiger partial charge in [0.1, 0.15) is 28.7 Å².